The minimum Gasteiger partial charge on any atom is -0.332 e. The van der Waals surface area contributed by atoms with Crippen LogP contribution in [0.3, 0.4) is 0 Å². The van der Waals surface area contributed by atoms with E-state index in [0.29, 0.717) is 25.1 Å². The van der Waals surface area contributed by atoms with Crippen LogP contribution in [0, 0.1) is 0 Å². The molecule has 0 fully saturated rings. The zero-order valence-corrected chi connectivity index (χ0v) is 12.9. The molecule has 8 nitrogen and oxygen atoms in total. The summed E-state index contributed by atoms with van der Waals surface area (Å²) in [6.07, 6.45) is 0.698. The van der Waals surface area contributed by atoms with E-state index < -0.39 is 0 Å². The molecule has 1 aliphatic heterocycles. The first-order chi connectivity index (χ1) is 11.1. The van der Waals surface area contributed by atoms with Crippen LogP contribution < -0.4 is 5.69 Å². The number of carbonyl (C=O) groups excluding carboxylic acids is 1. The van der Waals surface area contributed by atoms with E-state index >= 15 is 0 Å². The highest BCUT2D eigenvalue weighted by atomic mass is 16.2. The molecule has 0 radical (unpaired) electrons. The smallest absolute Gasteiger partial charge is 0.328 e. The number of nitrogens with one attached hydrogen (secondary N) is 1. The molecule has 0 unspecified atom stereocenters. The highest BCUT2D eigenvalue weighted by molar-refractivity contribution is 5.97. The van der Waals surface area contributed by atoms with Crippen molar-refractivity contribution >= 4 is 16.9 Å². The summed E-state index contributed by atoms with van der Waals surface area (Å²) in [7, 11) is 3.43. The molecule has 0 atom stereocenters. The number of hydrogen-bond acceptors (Lipinski definition) is 4. The van der Waals surface area contributed by atoms with Gasteiger partial charge in [-0.2, -0.15) is 15.4 Å². The third-order valence-corrected chi connectivity index (χ3v) is 4.47. The first-order valence-electron chi connectivity index (χ1n) is 7.39. The van der Waals surface area contributed by atoms with Gasteiger partial charge in [0.25, 0.3) is 5.91 Å². The van der Waals surface area contributed by atoms with Crippen molar-refractivity contribution in [2.24, 2.45) is 14.1 Å². The molecule has 2 aromatic heterocycles. The molecule has 1 aromatic carbocycles. The molecular weight excluding hydrogens is 296 g/mol. The van der Waals surface area contributed by atoms with Crippen molar-refractivity contribution in [1.82, 2.24) is 29.4 Å². The second-order valence-corrected chi connectivity index (χ2v) is 5.80. The lowest BCUT2D eigenvalue weighted by atomic mass is 10.1. The Bertz CT molecular complexity index is 980. The third kappa shape index (κ3) is 1.98. The Labute approximate surface area is 131 Å². The van der Waals surface area contributed by atoms with Gasteiger partial charge in [-0.1, -0.05) is 0 Å². The topological polar surface area (TPSA) is 88.8 Å². The quantitative estimate of drug-likeness (QED) is 0.695. The van der Waals surface area contributed by atoms with Crippen molar-refractivity contribution in [2.45, 2.75) is 13.0 Å². The molecule has 23 heavy (non-hydrogen) atoms. The molecule has 0 saturated carbocycles. The molecule has 0 bridgehead atoms. The zero-order chi connectivity index (χ0) is 16.1. The van der Waals surface area contributed by atoms with Gasteiger partial charge in [0.05, 0.1) is 23.3 Å². The fourth-order valence-corrected chi connectivity index (χ4v) is 3.10. The van der Waals surface area contributed by atoms with E-state index in [0.717, 1.165) is 22.4 Å². The predicted molar refractivity (Wildman–Crippen MR) is 83.0 cm³/mol. The number of carbonyl (C=O) groups is 1. The monoisotopic (exact) mass is 312 g/mol. The maximum Gasteiger partial charge on any atom is 0.328 e. The highest BCUT2D eigenvalue weighted by Gasteiger charge is 2.24. The summed E-state index contributed by atoms with van der Waals surface area (Å²) < 4.78 is 3.13. The lowest BCUT2D eigenvalue weighted by molar-refractivity contribution is 0.0732. The average molecular weight is 312 g/mol. The number of imidazole rings is 1. The fraction of sp³-hybridized carbons (Fsp3) is 0.333. The van der Waals surface area contributed by atoms with Crippen molar-refractivity contribution in [1.29, 1.82) is 0 Å². The number of aromatic amines is 1. The van der Waals surface area contributed by atoms with Crippen LogP contribution in [-0.2, 0) is 27.1 Å². The normalized spacial score (nSPS) is 14.3. The molecular formula is C15H16N6O2. The summed E-state index contributed by atoms with van der Waals surface area (Å²) in [4.78, 5) is 26.5. The third-order valence-electron chi connectivity index (χ3n) is 4.47. The number of rotatable bonds is 1. The second kappa shape index (κ2) is 4.80. The Morgan fingerprint density at radius 2 is 1.87 bits per heavy atom. The molecule has 0 spiro atoms. The summed E-state index contributed by atoms with van der Waals surface area (Å²) in [6, 6.07) is 5.36. The van der Waals surface area contributed by atoms with E-state index in [1.165, 1.54) is 0 Å². The Hall–Kier alpha value is -2.90. The number of benzene rings is 1. The van der Waals surface area contributed by atoms with Gasteiger partial charge in [-0.25, -0.2) is 4.79 Å². The Morgan fingerprint density at radius 3 is 2.70 bits per heavy atom. The first-order valence-corrected chi connectivity index (χ1v) is 7.39. The largest absolute Gasteiger partial charge is 0.332 e. The standard InChI is InChI=1S/C15H16N6O2/c1-19-12-4-3-9(7-13(12)20(2)15(19)23)14(22)21-6-5-10-11(8-21)17-18-16-10/h3-4,7H,5-6,8H2,1-2H3,(H,16,17,18). The molecule has 1 N–H and O–H groups in total. The SMILES string of the molecule is Cn1c(=O)n(C)c2cc(C(=O)N3CCc4n[nH]nc4C3)ccc21. The number of amides is 1. The summed E-state index contributed by atoms with van der Waals surface area (Å²) in [5.41, 5.74) is 3.78. The van der Waals surface area contributed by atoms with Gasteiger partial charge in [-0.15, -0.1) is 0 Å². The van der Waals surface area contributed by atoms with E-state index in [1.807, 2.05) is 6.07 Å². The van der Waals surface area contributed by atoms with E-state index in [9.17, 15) is 9.59 Å². The summed E-state index contributed by atoms with van der Waals surface area (Å²) in [6.45, 7) is 1.07. The Morgan fingerprint density at radius 1 is 1.13 bits per heavy atom. The second-order valence-electron chi connectivity index (χ2n) is 5.80. The van der Waals surface area contributed by atoms with Crippen LogP contribution in [0.5, 0.6) is 0 Å². The number of fused-ring (bicyclic) bond motifs is 2. The van der Waals surface area contributed by atoms with Gasteiger partial charge in [0.15, 0.2) is 0 Å². The minimum absolute atomic E-state index is 0.0585. The van der Waals surface area contributed by atoms with Crippen LogP contribution in [0.1, 0.15) is 21.7 Å². The minimum atomic E-state index is -0.102. The van der Waals surface area contributed by atoms with Crippen molar-refractivity contribution in [3.05, 3.63) is 45.6 Å². The predicted octanol–water partition coefficient (Wildman–Crippen LogP) is 0.194. The van der Waals surface area contributed by atoms with Gasteiger partial charge in [0.2, 0.25) is 0 Å². The van der Waals surface area contributed by atoms with Gasteiger partial charge in [-0.05, 0) is 18.2 Å². The van der Waals surface area contributed by atoms with Crippen LogP contribution in [0.15, 0.2) is 23.0 Å². The number of aryl methyl sites for hydroxylation is 2. The molecule has 3 heterocycles. The van der Waals surface area contributed by atoms with E-state index in [4.69, 9.17) is 0 Å². The molecule has 4 rings (SSSR count). The molecule has 0 aliphatic carbocycles. The summed E-state index contributed by atoms with van der Waals surface area (Å²) in [5.74, 6) is -0.0585. The number of hydrogen-bond donors (Lipinski definition) is 1. The van der Waals surface area contributed by atoms with Gasteiger partial charge in [-0.3, -0.25) is 13.9 Å². The Balaban J connectivity index is 1.71. The van der Waals surface area contributed by atoms with Crippen LogP contribution in [0.2, 0.25) is 0 Å². The van der Waals surface area contributed by atoms with E-state index in [1.54, 1.807) is 40.3 Å². The van der Waals surface area contributed by atoms with Gasteiger partial charge >= 0.3 is 5.69 Å². The van der Waals surface area contributed by atoms with Crippen LogP contribution >= 0.6 is 0 Å². The lowest BCUT2D eigenvalue weighted by Crippen LogP contribution is -2.36. The van der Waals surface area contributed by atoms with Crippen molar-refractivity contribution in [3.8, 4) is 0 Å². The molecule has 1 amide bonds. The number of nitrogens with zero attached hydrogens (tertiary/aromatic N) is 5. The number of aromatic nitrogens is 5. The van der Waals surface area contributed by atoms with E-state index in [-0.39, 0.29) is 11.6 Å². The summed E-state index contributed by atoms with van der Waals surface area (Å²) in [5, 5.41) is 10.8. The Kier molecular flexibility index (Phi) is 2.87. The van der Waals surface area contributed by atoms with E-state index in [2.05, 4.69) is 15.4 Å². The first kappa shape index (κ1) is 13.7. The maximum absolute atomic E-state index is 12.8. The van der Waals surface area contributed by atoms with Gasteiger partial charge in [0.1, 0.15) is 5.69 Å². The zero-order valence-electron chi connectivity index (χ0n) is 12.9. The number of H-pyrrole nitrogens is 1. The molecule has 3 aromatic rings. The van der Waals surface area contributed by atoms with Crippen molar-refractivity contribution < 1.29 is 4.79 Å². The molecule has 118 valence electrons. The fourth-order valence-electron chi connectivity index (χ4n) is 3.10. The highest BCUT2D eigenvalue weighted by Crippen LogP contribution is 2.19. The average Bonchev–Trinajstić information content (AvgIpc) is 3.13. The maximum atomic E-state index is 12.8. The summed E-state index contributed by atoms with van der Waals surface area (Å²) >= 11 is 0. The van der Waals surface area contributed by atoms with Gasteiger partial charge < -0.3 is 4.90 Å². The molecule has 8 heteroatoms. The van der Waals surface area contributed by atoms with Crippen LogP contribution in [-0.4, -0.2) is 41.9 Å². The van der Waals surface area contributed by atoms with Gasteiger partial charge in [0, 0.05) is 32.6 Å². The molecule has 1 aliphatic rings. The lowest BCUT2D eigenvalue weighted by Gasteiger charge is -2.25. The molecule has 0 saturated heterocycles. The van der Waals surface area contributed by atoms with Crippen molar-refractivity contribution in [2.75, 3.05) is 6.54 Å². The van der Waals surface area contributed by atoms with Crippen LogP contribution in [0.25, 0.3) is 11.0 Å². The van der Waals surface area contributed by atoms with Crippen LogP contribution in [0.4, 0.5) is 0 Å². The van der Waals surface area contributed by atoms with Crippen molar-refractivity contribution in [3.63, 3.8) is 0 Å².